The van der Waals surface area contributed by atoms with Crippen LogP contribution in [0.4, 0.5) is 4.79 Å². The molecule has 5 nitrogen and oxygen atoms in total. The summed E-state index contributed by atoms with van der Waals surface area (Å²) in [6, 6.07) is 1.87. The fourth-order valence-corrected chi connectivity index (χ4v) is 1.34. The lowest BCUT2D eigenvalue weighted by Gasteiger charge is -2.19. The SMILES string of the molecule is CN1CC(=O)N(CCC(C)(C)C#N)C1=O. The van der Waals surface area contributed by atoms with E-state index in [1.165, 1.54) is 9.80 Å². The maximum absolute atomic E-state index is 11.5. The molecule has 0 spiro atoms. The Balaban J connectivity index is 2.57. The Bertz CT molecular complexity index is 330. The summed E-state index contributed by atoms with van der Waals surface area (Å²) in [5, 5.41) is 8.80. The Morgan fingerprint density at radius 2 is 2.07 bits per heavy atom. The molecular formula is C10H15N3O2. The third kappa shape index (κ3) is 2.46. The van der Waals surface area contributed by atoms with E-state index in [0.29, 0.717) is 13.0 Å². The smallest absolute Gasteiger partial charge is 0.318 e. The summed E-state index contributed by atoms with van der Waals surface area (Å²) >= 11 is 0. The second kappa shape index (κ2) is 3.89. The van der Waals surface area contributed by atoms with Gasteiger partial charge in [0.2, 0.25) is 5.91 Å². The number of nitrogens with zero attached hydrogens (tertiary/aromatic N) is 3. The van der Waals surface area contributed by atoms with Crippen molar-refractivity contribution in [2.24, 2.45) is 5.41 Å². The fourth-order valence-electron chi connectivity index (χ4n) is 1.34. The molecule has 0 aromatic carbocycles. The Morgan fingerprint density at radius 1 is 1.47 bits per heavy atom. The van der Waals surface area contributed by atoms with Crippen LogP contribution in [0.15, 0.2) is 0 Å². The van der Waals surface area contributed by atoms with E-state index in [2.05, 4.69) is 6.07 Å². The summed E-state index contributed by atoms with van der Waals surface area (Å²) in [6.45, 7) is 4.05. The minimum Gasteiger partial charge on any atom is -0.318 e. The summed E-state index contributed by atoms with van der Waals surface area (Å²) in [5.74, 6) is -0.184. The first kappa shape index (κ1) is 11.5. The predicted octanol–water partition coefficient (Wildman–Crippen LogP) is 0.820. The normalized spacial score (nSPS) is 17.2. The Kier molecular flexibility index (Phi) is 2.98. The number of carbonyl (C=O) groups excluding carboxylic acids is 2. The van der Waals surface area contributed by atoms with Crippen LogP contribution in [0.5, 0.6) is 0 Å². The molecule has 0 N–H and O–H groups in total. The Morgan fingerprint density at radius 3 is 2.47 bits per heavy atom. The van der Waals surface area contributed by atoms with Crippen LogP contribution in [0.2, 0.25) is 0 Å². The molecule has 82 valence electrons. The third-order valence-electron chi connectivity index (χ3n) is 2.49. The first-order valence-corrected chi connectivity index (χ1v) is 4.84. The monoisotopic (exact) mass is 209 g/mol. The standard InChI is InChI=1S/C10H15N3O2/c1-10(2,7-11)4-5-13-8(14)6-12(3)9(13)15/h4-6H2,1-3H3. The van der Waals surface area contributed by atoms with E-state index in [0.717, 1.165) is 0 Å². The van der Waals surface area contributed by atoms with E-state index in [9.17, 15) is 9.59 Å². The highest BCUT2D eigenvalue weighted by Gasteiger charge is 2.34. The number of nitriles is 1. The van der Waals surface area contributed by atoms with E-state index in [-0.39, 0.29) is 18.5 Å². The van der Waals surface area contributed by atoms with Crippen molar-refractivity contribution < 1.29 is 9.59 Å². The molecule has 1 heterocycles. The molecule has 0 aliphatic carbocycles. The van der Waals surface area contributed by atoms with Crippen molar-refractivity contribution in [3.05, 3.63) is 0 Å². The van der Waals surface area contributed by atoms with Gasteiger partial charge in [-0.2, -0.15) is 5.26 Å². The first-order valence-electron chi connectivity index (χ1n) is 4.84. The van der Waals surface area contributed by atoms with E-state index < -0.39 is 5.41 Å². The lowest BCUT2D eigenvalue weighted by Crippen LogP contribution is -2.34. The van der Waals surface area contributed by atoms with Gasteiger partial charge in [0.25, 0.3) is 0 Å². The first-order chi connectivity index (χ1) is 6.87. The van der Waals surface area contributed by atoms with Crippen LogP contribution in [0.25, 0.3) is 0 Å². The Labute approximate surface area is 89.3 Å². The number of amides is 3. The average Bonchev–Trinajstić information content (AvgIpc) is 2.39. The van der Waals surface area contributed by atoms with Crippen LogP contribution in [-0.2, 0) is 4.79 Å². The van der Waals surface area contributed by atoms with Crippen LogP contribution < -0.4 is 0 Å². The van der Waals surface area contributed by atoms with Crippen LogP contribution >= 0.6 is 0 Å². The minimum atomic E-state index is -0.498. The third-order valence-corrected chi connectivity index (χ3v) is 2.49. The summed E-state index contributed by atoms with van der Waals surface area (Å²) in [5.41, 5.74) is -0.498. The summed E-state index contributed by atoms with van der Waals surface area (Å²) in [6.07, 6.45) is 0.509. The van der Waals surface area contributed by atoms with Crippen LogP contribution in [-0.4, -0.2) is 41.9 Å². The number of hydrogen-bond acceptors (Lipinski definition) is 3. The zero-order chi connectivity index (χ0) is 11.6. The van der Waals surface area contributed by atoms with Crippen molar-refractivity contribution in [1.82, 2.24) is 9.80 Å². The van der Waals surface area contributed by atoms with E-state index in [1.807, 2.05) is 0 Å². The van der Waals surface area contributed by atoms with Crippen molar-refractivity contribution in [1.29, 1.82) is 5.26 Å². The molecule has 1 aliphatic rings. The van der Waals surface area contributed by atoms with Gasteiger partial charge in [-0.05, 0) is 20.3 Å². The van der Waals surface area contributed by atoms with Crippen LogP contribution in [0.1, 0.15) is 20.3 Å². The summed E-state index contributed by atoms with van der Waals surface area (Å²) in [7, 11) is 1.59. The topological polar surface area (TPSA) is 64.4 Å². The van der Waals surface area contributed by atoms with Gasteiger partial charge in [-0.3, -0.25) is 9.69 Å². The van der Waals surface area contributed by atoms with Crippen LogP contribution in [0, 0.1) is 16.7 Å². The second-order valence-electron chi connectivity index (χ2n) is 4.43. The molecular weight excluding hydrogens is 194 g/mol. The van der Waals surface area contributed by atoms with Crippen molar-refractivity contribution >= 4 is 11.9 Å². The van der Waals surface area contributed by atoms with Gasteiger partial charge in [-0.1, -0.05) is 0 Å². The van der Waals surface area contributed by atoms with Crippen molar-refractivity contribution in [2.75, 3.05) is 20.1 Å². The molecule has 0 saturated carbocycles. The summed E-state index contributed by atoms with van der Waals surface area (Å²) < 4.78 is 0. The molecule has 15 heavy (non-hydrogen) atoms. The maximum atomic E-state index is 11.5. The number of likely N-dealkylation sites (N-methyl/N-ethyl adjacent to an activating group) is 1. The number of rotatable bonds is 3. The predicted molar refractivity (Wildman–Crippen MR) is 53.8 cm³/mol. The molecule has 0 radical (unpaired) electrons. The van der Waals surface area contributed by atoms with E-state index >= 15 is 0 Å². The fraction of sp³-hybridized carbons (Fsp3) is 0.700. The maximum Gasteiger partial charge on any atom is 0.326 e. The highest BCUT2D eigenvalue weighted by molar-refractivity contribution is 6.01. The van der Waals surface area contributed by atoms with Crippen molar-refractivity contribution in [3.63, 3.8) is 0 Å². The molecule has 1 aliphatic heterocycles. The van der Waals surface area contributed by atoms with Crippen LogP contribution in [0.3, 0.4) is 0 Å². The van der Waals surface area contributed by atoms with Crippen molar-refractivity contribution in [3.8, 4) is 6.07 Å². The highest BCUT2D eigenvalue weighted by atomic mass is 16.2. The molecule has 1 saturated heterocycles. The molecule has 0 atom stereocenters. The molecule has 1 fully saturated rings. The molecule has 0 bridgehead atoms. The quantitative estimate of drug-likeness (QED) is 0.646. The zero-order valence-electron chi connectivity index (χ0n) is 9.28. The van der Waals surface area contributed by atoms with Gasteiger partial charge >= 0.3 is 6.03 Å². The van der Waals surface area contributed by atoms with Crippen molar-refractivity contribution in [2.45, 2.75) is 20.3 Å². The Hall–Kier alpha value is -1.57. The van der Waals surface area contributed by atoms with E-state index in [1.54, 1.807) is 20.9 Å². The van der Waals surface area contributed by atoms with Gasteiger partial charge in [0.05, 0.1) is 11.5 Å². The summed E-state index contributed by atoms with van der Waals surface area (Å²) in [4.78, 5) is 25.4. The highest BCUT2D eigenvalue weighted by Crippen LogP contribution is 2.20. The molecule has 0 unspecified atom stereocenters. The molecule has 0 aromatic rings. The lowest BCUT2D eigenvalue weighted by atomic mass is 9.91. The average molecular weight is 209 g/mol. The molecule has 3 amide bonds. The lowest BCUT2D eigenvalue weighted by molar-refractivity contribution is -0.125. The molecule has 1 rings (SSSR count). The van der Waals surface area contributed by atoms with Gasteiger partial charge in [0.1, 0.15) is 6.54 Å². The van der Waals surface area contributed by atoms with Gasteiger partial charge in [-0.15, -0.1) is 0 Å². The second-order valence-corrected chi connectivity index (χ2v) is 4.43. The van der Waals surface area contributed by atoms with Gasteiger partial charge in [-0.25, -0.2) is 4.79 Å². The molecule has 0 aromatic heterocycles. The minimum absolute atomic E-state index is 0.145. The number of urea groups is 1. The largest absolute Gasteiger partial charge is 0.326 e. The van der Waals surface area contributed by atoms with Gasteiger partial charge < -0.3 is 4.90 Å². The number of carbonyl (C=O) groups is 2. The van der Waals surface area contributed by atoms with Gasteiger partial charge in [0, 0.05) is 13.6 Å². The molecule has 5 heteroatoms. The van der Waals surface area contributed by atoms with Gasteiger partial charge in [0.15, 0.2) is 0 Å². The zero-order valence-corrected chi connectivity index (χ0v) is 9.28. The number of imide groups is 1. The van der Waals surface area contributed by atoms with E-state index in [4.69, 9.17) is 5.26 Å². The number of hydrogen-bond donors (Lipinski definition) is 0.